The average molecular weight is 430 g/mol. The van der Waals surface area contributed by atoms with Gasteiger partial charge in [0.05, 0.1) is 21.8 Å². The van der Waals surface area contributed by atoms with Crippen molar-refractivity contribution in [2.75, 3.05) is 11.9 Å². The molecule has 4 rings (SSSR count). The van der Waals surface area contributed by atoms with Gasteiger partial charge in [-0.25, -0.2) is 4.98 Å². The number of fused-ring (bicyclic) bond motifs is 1. The van der Waals surface area contributed by atoms with Crippen LogP contribution in [0.4, 0.5) is 5.69 Å². The van der Waals surface area contributed by atoms with Crippen molar-refractivity contribution < 1.29 is 9.59 Å². The molecule has 2 amide bonds. The van der Waals surface area contributed by atoms with Crippen LogP contribution in [0, 0.1) is 13.8 Å². The highest BCUT2D eigenvalue weighted by Crippen LogP contribution is 2.24. The number of carbonyl (C=O) groups is 2. The zero-order valence-electron chi connectivity index (χ0n) is 17.4. The van der Waals surface area contributed by atoms with E-state index >= 15 is 0 Å². The van der Waals surface area contributed by atoms with Gasteiger partial charge in [0.15, 0.2) is 0 Å². The first-order chi connectivity index (χ1) is 15.0. The largest absolute Gasteiger partial charge is 0.343 e. The predicted octanol–water partition coefficient (Wildman–Crippen LogP) is 4.87. The number of hydrogen-bond acceptors (Lipinski definition) is 4. The zero-order chi connectivity index (χ0) is 21.8. The number of nitrogens with zero attached hydrogens (tertiary/aromatic N) is 1. The van der Waals surface area contributed by atoms with Gasteiger partial charge in [-0.2, -0.15) is 0 Å². The van der Waals surface area contributed by atoms with E-state index in [4.69, 9.17) is 0 Å². The Balaban J connectivity index is 1.30. The van der Waals surface area contributed by atoms with Crippen LogP contribution in [0.25, 0.3) is 10.2 Å². The molecule has 6 heteroatoms. The highest BCUT2D eigenvalue weighted by Gasteiger charge is 2.10. The Bertz CT molecular complexity index is 1210. The Kier molecular flexibility index (Phi) is 6.09. The second kappa shape index (κ2) is 9.10. The minimum atomic E-state index is -0.267. The first-order valence-electron chi connectivity index (χ1n) is 10.1. The number of amides is 2. The number of aromatic nitrogens is 1. The summed E-state index contributed by atoms with van der Waals surface area (Å²) in [4.78, 5) is 29.1. The lowest BCUT2D eigenvalue weighted by molar-refractivity contribution is -0.115. The third-order valence-corrected chi connectivity index (χ3v) is 6.15. The predicted molar refractivity (Wildman–Crippen MR) is 126 cm³/mol. The molecule has 31 heavy (non-hydrogen) atoms. The van der Waals surface area contributed by atoms with Gasteiger partial charge in [0.1, 0.15) is 0 Å². The molecule has 0 unspecified atom stereocenters. The van der Waals surface area contributed by atoms with Gasteiger partial charge in [0.2, 0.25) is 5.91 Å². The van der Waals surface area contributed by atoms with Crippen molar-refractivity contribution in [2.45, 2.75) is 20.3 Å². The highest BCUT2D eigenvalue weighted by atomic mass is 32.1. The number of nitrogens with one attached hydrogen (secondary N) is 2. The molecule has 0 aliphatic heterocycles. The molecule has 0 bridgehead atoms. The summed E-state index contributed by atoms with van der Waals surface area (Å²) in [6.45, 7) is 3.87. The fourth-order valence-electron chi connectivity index (χ4n) is 3.23. The van der Waals surface area contributed by atoms with Crippen molar-refractivity contribution in [2.24, 2.45) is 0 Å². The van der Waals surface area contributed by atoms with Gasteiger partial charge in [-0.1, -0.05) is 30.3 Å². The summed E-state index contributed by atoms with van der Waals surface area (Å²) >= 11 is 1.69. The molecule has 0 aliphatic rings. The summed E-state index contributed by atoms with van der Waals surface area (Å²) in [7, 11) is 0. The van der Waals surface area contributed by atoms with Gasteiger partial charge in [0.25, 0.3) is 5.91 Å². The van der Waals surface area contributed by atoms with Crippen molar-refractivity contribution in [3.63, 3.8) is 0 Å². The molecular formula is C25H23N3O2S. The zero-order valence-corrected chi connectivity index (χ0v) is 18.3. The van der Waals surface area contributed by atoms with E-state index in [0.29, 0.717) is 11.3 Å². The van der Waals surface area contributed by atoms with Gasteiger partial charge >= 0.3 is 0 Å². The van der Waals surface area contributed by atoms with Crippen molar-refractivity contribution in [1.82, 2.24) is 10.3 Å². The van der Waals surface area contributed by atoms with E-state index in [0.717, 1.165) is 33.6 Å². The number of hydrogen-bond donors (Lipinski definition) is 2. The molecule has 156 valence electrons. The molecule has 1 aromatic heterocycles. The molecule has 1 heterocycles. The second-order valence-electron chi connectivity index (χ2n) is 7.48. The third kappa shape index (κ3) is 5.16. The van der Waals surface area contributed by atoms with Gasteiger partial charge in [-0.3, -0.25) is 9.59 Å². The SMILES string of the molecule is Cc1ccc(C(=O)NCC(=O)Nc2ccc(Cc3nc4ccccc4s3)cc2)cc1C. The van der Waals surface area contributed by atoms with Crippen molar-refractivity contribution in [3.05, 3.63) is 94.0 Å². The third-order valence-electron chi connectivity index (χ3n) is 5.11. The average Bonchev–Trinajstić information content (AvgIpc) is 3.17. The molecule has 0 spiro atoms. The summed E-state index contributed by atoms with van der Waals surface area (Å²) in [6, 6.07) is 21.3. The topological polar surface area (TPSA) is 71.1 Å². The van der Waals surface area contributed by atoms with Crippen LogP contribution in [0.15, 0.2) is 66.7 Å². The fourth-order valence-corrected chi connectivity index (χ4v) is 4.23. The van der Waals surface area contributed by atoms with Crippen LogP contribution in [0.3, 0.4) is 0 Å². The Hall–Kier alpha value is -3.51. The minimum absolute atomic E-state index is 0.0841. The van der Waals surface area contributed by atoms with E-state index in [1.165, 1.54) is 4.70 Å². The van der Waals surface area contributed by atoms with Crippen LogP contribution in [0.2, 0.25) is 0 Å². The van der Waals surface area contributed by atoms with Crippen molar-refractivity contribution in [3.8, 4) is 0 Å². The highest BCUT2D eigenvalue weighted by molar-refractivity contribution is 7.18. The first-order valence-corrected chi connectivity index (χ1v) is 10.9. The standard InChI is InChI=1S/C25H23N3O2S/c1-16-7-10-19(13-17(16)2)25(30)26-15-23(29)27-20-11-8-18(9-12-20)14-24-28-21-5-3-4-6-22(21)31-24/h3-13H,14-15H2,1-2H3,(H,26,30)(H,27,29). The molecule has 0 saturated heterocycles. The number of para-hydroxylation sites is 1. The van der Waals surface area contributed by atoms with E-state index in [9.17, 15) is 9.59 Å². The summed E-state index contributed by atoms with van der Waals surface area (Å²) in [6.07, 6.45) is 0.750. The van der Waals surface area contributed by atoms with Crippen LogP contribution in [0.5, 0.6) is 0 Å². The molecule has 0 aliphatic carbocycles. The van der Waals surface area contributed by atoms with E-state index in [2.05, 4.69) is 21.7 Å². The van der Waals surface area contributed by atoms with Gasteiger partial charge in [-0.15, -0.1) is 11.3 Å². The normalized spacial score (nSPS) is 10.8. The van der Waals surface area contributed by atoms with Crippen LogP contribution in [-0.2, 0) is 11.2 Å². The lowest BCUT2D eigenvalue weighted by Gasteiger charge is -2.09. The van der Waals surface area contributed by atoms with E-state index in [-0.39, 0.29) is 18.4 Å². The number of benzene rings is 3. The van der Waals surface area contributed by atoms with Crippen LogP contribution in [-0.4, -0.2) is 23.3 Å². The Morgan fingerprint density at radius 1 is 0.935 bits per heavy atom. The molecule has 0 saturated carbocycles. The van der Waals surface area contributed by atoms with Crippen LogP contribution >= 0.6 is 11.3 Å². The molecule has 0 atom stereocenters. The molecule has 0 fully saturated rings. The number of carbonyl (C=O) groups excluding carboxylic acids is 2. The molecule has 3 aromatic carbocycles. The maximum absolute atomic E-state index is 12.3. The monoisotopic (exact) mass is 429 g/mol. The minimum Gasteiger partial charge on any atom is -0.343 e. The van der Waals surface area contributed by atoms with E-state index < -0.39 is 0 Å². The number of rotatable bonds is 6. The Labute approximate surface area is 185 Å². The van der Waals surface area contributed by atoms with Gasteiger partial charge in [-0.05, 0) is 66.9 Å². The lowest BCUT2D eigenvalue weighted by atomic mass is 10.1. The van der Waals surface area contributed by atoms with Gasteiger partial charge < -0.3 is 10.6 Å². The lowest BCUT2D eigenvalue weighted by Crippen LogP contribution is -2.32. The Morgan fingerprint density at radius 2 is 1.71 bits per heavy atom. The molecule has 4 aromatic rings. The number of aryl methyl sites for hydroxylation is 2. The summed E-state index contributed by atoms with van der Waals surface area (Å²) in [5.41, 5.74) is 5.56. The summed E-state index contributed by atoms with van der Waals surface area (Å²) in [5.74, 6) is -0.527. The first kappa shape index (κ1) is 20.8. The van der Waals surface area contributed by atoms with Crippen molar-refractivity contribution >= 4 is 39.1 Å². The van der Waals surface area contributed by atoms with E-state index in [1.54, 1.807) is 17.4 Å². The van der Waals surface area contributed by atoms with Gasteiger partial charge in [0, 0.05) is 17.7 Å². The maximum Gasteiger partial charge on any atom is 0.251 e. The van der Waals surface area contributed by atoms with Crippen LogP contribution < -0.4 is 10.6 Å². The fraction of sp³-hybridized carbons (Fsp3) is 0.160. The maximum atomic E-state index is 12.3. The van der Waals surface area contributed by atoms with Crippen molar-refractivity contribution in [1.29, 1.82) is 0 Å². The molecule has 5 nitrogen and oxygen atoms in total. The molecule has 0 radical (unpaired) electrons. The number of anilines is 1. The summed E-state index contributed by atoms with van der Waals surface area (Å²) in [5, 5.41) is 6.54. The Morgan fingerprint density at radius 3 is 2.45 bits per heavy atom. The summed E-state index contributed by atoms with van der Waals surface area (Å²) < 4.78 is 1.18. The second-order valence-corrected chi connectivity index (χ2v) is 8.59. The molecule has 2 N–H and O–H groups in total. The van der Waals surface area contributed by atoms with E-state index in [1.807, 2.05) is 68.4 Å². The molecular weight excluding hydrogens is 406 g/mol. The quantitative estimate of drug-likeness (QED) is 0.459. The number of thiazole rings is 1. The van der Waals surface area contributed by atoms with Crippen LogP contribution in [0.1, 0.15) is 32.1 Å². The smallest absolute Gasteiger partial charge is 0.251 e.